The van der Waals surface area contributed by atoms with Gasteiger partial charge in [0.1, 0.15) is 5.75 Å². The lowest BCUT2D eigenvalue weighted by Gasteiger charge is -2.08. The van der Waals surface area contributed by atoms with Gasteiger partial charge in [-0.25, -0.2) is 8.42 Å². The minimum Gasteiger partial charge on any atom is -0.748 e. The predicted molar refractivity (Wildman–Crippen MR) is 66.7 cm³/mol. The molecule has 0 unspecified atom stereocenters. The van der Waals surface area contributed by atoms with Crippen LogP contribution in [-0.4, -0.2) is 38.5 Å². The molecule has 102 valence electrons. The highest BCUT2D eigenvalue weighted by molar-refractivity contribution is 7.85. The molecule has 0 aliphatic heterocycles. The molecule has 1 rings (SSSR count). The number of benzene rings is 1. The van der Waals surface area contributed by atoms with Crippen molar-refractivity contribution in [2.45, 2.75) is 13.3 Å². The van der Waals surface area contributed by atoms with E-state index in [0.29, 0.717) is 19.6 Å². The van der Waals surface area contributed by atoms with Crippen LogP contribution in [0.25, 0.3) is 0 Å². The Balaban J connectivity index is 2.04. The molecule has 0 heterocycles. The summed E-state index contributed by atoms with van der Waals surface area (Å²) in [7, 11) is -4.17. The van der Waals surface area contributed by atoms with E-state index in [1.54, 1.807) is 0 Å². The van der Waals surface area contributed by atoms with Gasteiger partial charge >= 0.3 is 0 Å². The molecule has 0 N–H and O–H groups in total. The Labute approximate surface area is 107 Å². The lowest BCUT2D eigenvalue weighted by atomic mass is 10.2. The zero-order chi connectivity index (χ0) is 13.4. The maximum absolute atomic E-state index is 10.3. The lowest BCUT2D eigenvalue weighted by Crippen LogP contribution is -2.12. The fraction of sp³-hybridized carbons (Fsp3) is 0.500. The normalized spacial score (nSPS) is 11.4. The topological polar surface area (TPSA) is 75.7 Å². The molecule has 0 amide bonds. The predicted octanol–water partition coefficient (Wildman–Crippen LogP) is 1.33. The molecule has 6 heteroatoms. The van der Waals surface area contributed by atoms with Gasteiger partial charge in [0.15, 0.2) is 0 Å². The zero-order valence-electron chi connectivity index (χ0n) is 10.3. The summed E-state index contributed by atoms with van der Waals surface area (Å²) in [5.74, 6) is 0.314. The molecule has 0 aromatic heterocycles. The second kappa shape index (κ2) is 7.35. The maximum Gasteiger partial charge on any atom is 0.119 e. The van der Waals surface area contributed by atoms with Crippen molar-refractivity contribution in [3.05, 3.63) is 29.8 Å². The molecule has 18 heavy (non-hydrogen) atoms. The molecule has 0 saturated carbocycles. The van der Waals surface area contributed by atoms with E-state index in [1.165, 1.54) is 5.56 Å². The van der Waals surface area contributed by atoms with Crippen molar-refractivity contribution in [2.24, 2.45) is 0 Å². The van der Waals surface area contributed by atoms with Crippen molar-refractivity contribution >= 4 is 10.1 Å². The smallest absolute Gasteiger partial charge is 0.119 e. The molecule has 0 saturated heterocycles. The molecule has 1 aromatic rings. The summed E-state index contributed by atoms with van der Waals surface area (Å²) in [5.41, 5.74) is 1.17. The highest BCUT2D eigenvalue weighted by atomic mass is 32.2. The van der Waals surface area contributed by atoms with Gasteiger partial charge in [0.2, 0.25) is 0 Å². The van der Waals surface area contributed by atoms with Gasteiger partial charge in [0, 0.05) is 13.0 Å². The van der Waals surface area contributed by atoms with Crippen LogP contribution in [-0.2, 0) is 14.9 Å². The third kappa shape index (κ3) is 7.26. The summed E-state index contributed by atoms with van der Waals surface area (Å²) < 4.78 is 41.3. The van der Waals surface area contributed by atoms with Gasteiger partial charge < -0.3 is 14.0 Å². The van der Waals surface area contributed by atoms with Crippen LogP contribution < -0.4 is 4.74 Å². The average Bonchev–Trinajstić information content (AvgIpc) is 2.29. The lowest BCUT2D eigenvalue weighted by molar-refractivity contribution is 0.131. The molecule has 0 aliphatic carbocycles. The standard InChI is InChI=1S/C12H18O5S/c1-11-3-5-12(6-4-11)17-8-2-7-16-9-10-18(13,14)15/h3-6H,2,7-10H2,1H3,(H,13,14,15)/p-1. The summed E-state index contributed by atoms with van der Waals surface area (Å²) in [6.45, 7) is 2.81. The third-order valence-electron chi connectivity index (χ3n) is 2.20. The minimum atomic E-state index is -4.17. The second-order valence-electron chi connectivity index (χ2n) is 3.89. The Bertz CT molecular complexity index is 438. The number of hydrogen-bond acceptors (Lipinski definition) is 5. The van der Waals surface area contributed by atoms with E-state index in [4.69, 9.17) is 9.47 Å². The van der Waals surface area contributed by atoms with Gasteiger partial charge in [-0.1, -0.05) is 17.7 Å². The van der Waals surface area contributed by atoms with Gasteiger partial charge in [0.05, 0.1) is 29.1 Å². The van der Waals surface area contributed by atoms with Crippen LogP contribution in [0.1, 0.15) is 12.0 Å². The van der Waals surface area contributed by atoms with Gasteiger partial charge in [-0.05, 0) is 19.1 Å². The molecule has 0 fully saturated rings. The van der Waals surface area contributed by atoms with Crippen molar-refractivity contribution in [3.8, 4) is 5.75 Å². The van der Waals surface area contributed by atoms with Gasteiger partial charge in [-0.3, -0.25) is 0 Å². The maximum atomic E-state index is 10.3. The Hall–Kier alpha value is -1.11. The largest absolute Gasteiger partial charge is 0.748 e. The van der Waals surface area contributed by atoms with Crippen molar-refractivity contribution in [3.63, 3.8) is 0 Å². The van der Waals surface area contributed by atoms with Crippen LogP contribution in [0.5, 0.6) is 5.75 Å². The quantitative estimate of drug-likeness (QED) is 0.527. The molecule has 0 radical (unpaired) electrons. The molecular weight excluding hydrogens is 256 g/mol. The Morgan fingerprint density at radius 2 is 1.78 bits per heavy atom. The SMILES string of the molecule is Cc1ccc(OCCCOCCS(=O)(=O)[O-])cc1. The van der Waals surface area contributed by atoms with Crippen LogP contribution >= 0.6 is 0 Å². The molecule has 0 atom stereocenters. The summed E-state index contributed by atoms with van der Waals surface area (Å²) in [5, 5.41) is 0. The minimum absolute atomic E-state index is 0.0592. The molecule has 0 spiro atoms. The van der Waals surface area contributed by atoms with Gasteiger partial charge in [0.25, 0.3) is 0 Å². The fourth-order valence-corrected chi connectivity index (χ4v) is 1.57. The van der Waals surface area contributed by atoms with E-state index in [1.807, 2.05) is 31.2 Å². The number of ether oxygens (including phenoxy) is 2. The molecular formula is C12H17O5S-. The van der Waals surface area contributed by atoms with E-state index in [0.717, 1.165) is 5.75 Å². The van der Waals surface area contributed by atoms with Crippen LogP contribution in [0.2, 0.25) is 0 Å². The highest BCUT2D eigenvalue weighted by Crippen LogP contribution is 2.11. The van der Waals surface area contributed by atoms with Crippen LogP contribution in [0.4, 0.5) is 0 Å². The van der Waals surface area contributed by atoms with Crippen LogP contribution in [0.3, 0.4) is 0 Å². The first kappa shape index (κ1) is 14.9. The van der Waals surface area contributed by atoms with Crippen molar-refractivity contribution < 1.29 is 22.4 Å². The summed E-state index contributed by atoms with van der Waals surface area (Å²) >= 11 is 0. The Morgan fingerprint density at radius 1 is 1.11 bits per heavy atom. The number of rotatable bonds is 8. The van der Waals surface area contributed by atoms with E-state index in [-0.39, 0.29) is 6.61 Å². The third-order valence-corrected chi connectivity index (χ3v) is 2.87. The first-order chi connectivity index (χ1) is 8.47. The van der Waals surface area contributed by atoms with E-state index >= 15 is 0 Å². The Kier molecular flexibility index (Phi) is 6.11. The van der Waals surface area contributed by atoms with E-state index < -0.39 is 15.9 Å². The van der Waals surface area contributed by atoms with Crippen molar-refractivity contribution in [2.75, 3.05) is 25.6 Å². The number of aryl methyl sites for hydroxylation is 1. The highest BCUT2D eigenvalue weighted by Gasteiger charge is 1.96. The molecule has 0 bridgehead atoms. The van der Waals surface area contributed by atoms with Crippen LogP contribution in [0.15, 0.2) is 24.3 Å². The number of hydrogen-bond donors (Lipinski definition) is 0. The summed E-state index contributed by atoms with van der Waals surface area (Å²) in [6, 6.07) is 7.70. The van der Waals surface area contributed by atoms with Crippen molar-refractivity contribution in [1.29, 1.82) is 0 Å². The monoisotopic (exact) mass is 273 g/mol. The summed E-state index contributed by atoms with van der Waals surface area (Å²) in [6.07, 6.45) is 0.646. The fourth-order valence-electron chi connectivity index (χ4n) is 1.25. The van der Waals surface area contributed by atoms with Crippen molar-refractivity contribution in [1.82, 2.24) is 0 Å². The van der Waals surface area contributed by atoms with Crippen LogP contribution in [0, 0.1) is 6.92 Å². The van der Waals surface area contributed by atoms with E-state index in [9.17, 15) is 13.0 Å². The molecule has 5 nitrogen and oxygen atoms in total. The van der Waals surface area contributed by atoms with Gasteiger partial charge in [-0.2, -0.15) is 0 Å². The first-order valence-electron chi connectivity index (χ1n) is 5.68. The second-order valence-corrected chi connectivity index (χ2v) is 5.41. The van der Waals surface area contributed by atoms with Gasteiger partial charge in [-0.15, -0.1) is 0 Å². The summed E-state index contributed by atoms with van der Waals surface area (Å²) in [4.78, 5) is 0. The zero-order valence-corrected chi connectivity index (χ0v) is 11.1. The molecule has 1 aromatic carbocycles. The average molecular weight is 273 g/mol. The molecule has 0 aliphatic rings. The van der Waals surface area contributed by atoms with E-state index in [2.05, 4.69) is 0 Å². The first-order valence-corrected chi connectivity index (χ1v) is 7.26. The Morgan fingerprint density at radius 3 is 2.39 bits per heavy atom.